The molecule has 0 radical (unpaired) electrons. The highest BCUT2D eigenvalue weighted by molar-refractivity contribution is 5.39. The lowest BCUT2D eigenvalue weighted by molar-refractivity contribution is 0.103. The van der Waals surface area contributed by atoms with Gasteiger partial charge >= 0.3 is 0 Å². The van der Waals surface area contributed by atoms with E-state index in [1.54, 1.807) is 0 Å². The number of hydrogen-bond acceptors (Lipinski definition) is 4. The van der Waals surface area contributed by atoms with Crippen molar-refractivity contribution in [2.75, 3.05) is 19.7 Å². The fraction of sp³-hybridized carbons (Fsp3) is 0.625. The van der Waals surface area contributed by atoms with Crippen molar-refractivity contribution >= 4 is 0 Å². The highest BCUT2D eigenvalue weighted by atomic mass is 16.5. The molecule has 2 unspecified atom stereocenters. The number of hydrogen-bond donors (Lipinski definition) is 3. The van der Waals surface area contributed by atoms with E-state index in [0.717, 1.165) is 23.3 Å². The van der Waals surface area contributed by atoms with Crippen molar-refractivity contribution in [3.63, 3.8) is 0 Å². The minimum atomic E-state index is -0.548. The van der Waals surface area contributed by atoms with Crippen LogP contribution in [0.5, 0.6) is 5.75 Å². The number of aryl methyl sites for hydroxylation is 2. The van der Waals surface area contributed by atoms with Crippen LogP contribution in [0, 0.1) is 13.8 Å². The van der Waals surface area contributed by atoms with Crippen LogP contribution in [0.15, 0.2) is 18.2 Å². The van der Waals surface area contributed by atoms with E-state index < -0.39 is 6.10 Å². The molecular formula is C16H27NO3. The molecule has 0 aromatic heterocycles. The number of para-hydroxylation sites is 1. The Morgan fingerprint density at radius 3 is 2.40 bits per heavy atom. The summed E-state index contributed by atoms with van der Waals surface area (Å²) in [7, 11) is 0. The van der Waals surface area contributed by atoms with Gasteiger partial charge in [-0.1, -0.05) is 25.1 Å². The topological polar surface area (TPSA) is 61.7 Å². The van der Waals surface area contributed by atoms with Crippen molar-refractivity contribution in [1.82, 2.24) is 5.32 Å². The average molecular weight is 281 g/mol. The van der Waals surface area contributed by atoms with Gasteiger partial charge < -0.3 is 20.3 Å². The summed E-state index contributed by atoms with van der Waals surface area (Å²) in [5.74, 6) is 0.855. The Hall–Kier alpha value is -1.10. The van der Waals surface area contributed by atoms with Gasteiger partial charge in [0.25, 0.3) is 0 Å². The molecule has 1 rings (SSSR count). The van der Waals surface area contributed by atoms with Crippen LogP contribution in [0.3, 0.4) is 0 Å². The molecule has 0 heterocycles. The van der Waals surface area contributed by atoms with Crippen LogP contribution in [0.4, 0.5) is 0 Å². The van der Waals surface area contributed by atoms with Gasteiger partial charge in [0.2, 0.25) is 0 Å². The Balaban J connectivity index is 2.24. The van der Waals surface area contributed by atoms with Crippen LogP contribution in [0.2, 0.25) is 0 Å². The normalized spacial score (nSPS) is 14.1. The van der Waals surface area contributed by atoms with Crippen LogP contribution < -0.4 is 10.1 Å². The van der Waals surface area contributed by atoms with Crippen molar-refractivity contribution < 1.29 is 14.9 Å². The van der Waals surface area contributed by atoms with Gasteiger partial charge in [0, 0.05) is 6.54 Å². The molecule has 0 spiro atoms. The van der Waals surface area contributed by atoms with Gasteiger partial charge in [0.1, 0.15) is 18.5 Å². The molecule has 0 aliphatic rings. The number of ether oxygens (including phenoxy) is 1. The third-order valence-corrected chi connectivity index (χ3v) is 3.33. The summed E-state index contributed by atoms with van der Waals surface area (Å²) in [6, 6.07) is 5.99. The smallest absolute Gasteiger partial charge is 0.125 e. The molecule has 0 aliphatic carbocycles. The van der Waals surface area contributed by atoms with Gasteiger partial charge in [0.05, 0.1) is 6.10 Å². The minimum Gasteiger partial charge on any atom is -0.490 e. The molecule has 3 N–H and O–H groups in total. The zero-order chi connectivity index (χ0) is 15.0. The number of aliphatic hydroxyl groups is 2. The first-order valence-electron chi connectivity index (χ1n) is 7.30. The lowest BCUT2D eigenvalue weighted by Crippen LogP contribution is -2.33. The zero-order valence-corrected chi connectivity index (χ0v) is 12.7. The number of rotatable bonds is 9. The first kappa shape index (κ1) is 17.0. The lowest BCUT2D eigenvalue weighted by Gasteiger charge is -2.16. The van der Waals surface area contributed by atoms with Crippen molar-refractivity contribution in [2.45, 2.75) is 45.8 Å². The van der Waals surface area contributed by atoms with E-state index in [9.17, 15) is 10.2 Å². The quantitative estimate of drug-likeness (QED) is 0.604. The van der Waals surface area contributed by atoms with E-state index in [1.165, 1.54) is 0 Å². The molecule has 0 amide bonds. The standard InChI is InChI=1S/C16H27NO3/c1-4-14(18)8-9-17-10-15(19)11-20-16-12(2)6-5-7-13(16)3/h5-7,14-15,17-19H,4,8-11H2,1-3H3. The third kappa shape index (κ3) is 5.90. The van der Waals surface area contributed by atoms with E-state index >= 15 is 0 Å². The summed E-state index contributed by atoms with van der Waals surface area (Å²) in [5.41, 5.74) is 2.16. The maximum atomic E-state index is 9.86. The summed E-state index contributed by atoms with van der Waals surface area (Å²) in [6.07, 6.45) is 0.666. The SMILES string of the molecule is CCC(O)CCNCC(O)COc1c(C)cccc1C. The lowest BCUT2D eigenvalue weighted by atomic mass is 10.1. The molecule has 2 atom stereocenters. The van der Waals surface area contributed by atoms with Gasteiger partial charge in [-0.3, -0.25) is 0 Å². The van der Waals surface area contributed by atoms with Gasteiger partial charge in [-0.15, -0.1) is 0 Å². The Morgan fingerprint density at radius 1 is 1.15 bits per heavy atom. The van der Waals surface area contributed by atoms with E-state index in [0.29, 0.717) is 19.5 Å². The molecule has 1 aromatic carbocycles. The minimum absolute atomic E-state index is 0.259. The molecule has 4 heteroatoms. The summed E-state index contributed by atoms with van der Waals surface area (Å²) in [4.78, 5) is 0. The van der Waals surface area contributed by atoms with Gasteiger partial charge in [-0.2, -0.15) is 0 Å². The second-order valence-corrected chi connectivity index (χ2v) is 5.24. The van der Waals surface area contributed by atoms with Crippen LogP contribution in [0.1, 0.15) is 30.9 Å². The van der Waals surface area contributed by atoms with Crippen LogP contribution in [0.25, 0.3) is 0 Å². The largest absolute Gasteiger partial charge is 0.490 e. The van der Waals surface area contributed by atoms with Crippen molar-refractivity contribution in [2.24, 2.45) is 0 Å². The predicted molar refractivity (Wildman–Crippen MR) is 81.2 cm³/mol. The second-order valence-electron chi connectivity index (χ2n) is 5.24. The molecular weight excluding hydrogens is 254 g/mol. The number of benzene rings is 1. The third-order valence-electron chi connectivity index (χ3n) is 3.33. The van der Waals surface area contributed by atoms with Gasteiger partial charge in [0.15, 0.2) is 0 Å². The Morgan fingerprint density at radius 2 is 1.80 bits per heavy atom. The van der Waals surface area contributed by atoms with Crippen molar-refractivity contribution in [3.8, 4) is 5.75 Å². The Labute approximate surface area is 121 Å². The molecule has 0 saturated heterocycles. The van der Waals surface area contributed by atoms with Gasteiger partial charge in [-0.05, 0) is 44.4 Å². The van der Waals surface area contributed by atoms with E-state index in [-0.39, 0.29) is 12.7 Å². The zero-order valence-electron chi connectivity index (χ0n) is 12.7. The second kappa shape index (κ2) is 8.95. The molecule has 114 valence electrons. The first-order valence-corrected chi connectivity index (χ1v) is 7.30. The molecule has 0 fully saturated rings. The predicted octanol–water partition coefficient (Wildman–Crippen LogP) is 1.79. The van der Waals surface area contributed by atoms with E-state index in [2.05, 4.69) is 5.32 Å². The Bertz CT molecular complexity index is 375. The van der Waals surface area contributed by atoms with E-state index in [4.69, 9.17) is 4.74 Å². The highest BCUT2D eigenvalue weighted by Gasteiger charge is 2.08. The first-order chi connectivity index (χ1) is 9.54. The fourth-order valence-corrected chi connectivity index (χ4v) is 2.01. The monoisotopic (exact) mass is 281 g/mol. The molecule has 4 nitrogen and oxygen atoms in total. The maximum Gasteiger partial charge on any atom is 0.125 e. The summed E-state index contributed by atoms with van der Waals surface area (Å²) in [6.45, 7) is 7.40. The number of aliphatic hydroxyl groups excluding tert-OH is 2. The van der Waals surface area contributed by atoms with Crippen molar-refractivity contribution in [1.29, 1.82) is 0 Å². The molecule has 0 aliphatic heterocycles. The van der Waals surface area contributed by atoms with Crippen LogP contribution in [-0.2, 0) is 0 Å². The number of nitrogens with one attached hydrogen (secondary N) is 1. The van der Waals surface area contributed by atoms with E-state index in [1.807, 2.05) is 39.0 Å². The fourth-order valence-electron chi connectivity index (χ4n) is 2.01. The Kier molecular flexibility index (Phi) is 7.59. The molecule has 1 aromatic rings. The highest BCUT2D eigenvalue weighted by Crippen LogP contribution is 2.22. The molecule has 20 heavy (non-hydrogen) atoms. The average Bonchev–Trinajstić information content (AvgIpc) is 2.42. The molecule has 0 saturated carbocycles. The molecule has 0 bridgehead atoms. The summed E-state index contributed by atoms with van der Waals surface area (Å²) < 4.78 is 5.69. The van der Waals surface area contributed by atoms with Gasteiger partial charge in [-0.25, -0.2) is 0 Å². The maximum absolute atomic E-state index is 9.86. The van der Waals surface area contributed by atoms with Crippen molar-refractivity contribution in [3.05, 3.63) is 29.3 Å². The van der Waals surface area contributed by atoms with Crippen LogP contribution in [-0.4, -0.2) is 42.1 Å². The summed E-state index contributed by atoms with van der Waals surface area (Å²) in [5, 5.41) is 22.4. The van der Waals surface area contributed by atoms with Crippen LogP contribution >= 0.6 is 0 Å². The summed E-state index contributed by atoms with van der Waals surface area (Å²) >= 11 is 0.